The van der Waals surface area contributed by atoms with Crippen molar-refractivity contribution in [3.8, 4) is 11.8 Å². The molecule has 0 bridgehead atoms. The highest BCUT2D eigenvalue weighted by molar-refractivity contribution is 5.93. The summed E-state index contributed by atoms with van der Waals surface area (Å²) in [7, 11) is 0. The van der Waals surface area contributed by atoms with E-state index in [2.05, 4.69) is 32.1 Å². The summed E-state index contributed by atoms with van der Waals surface area (Å²) in [4.78, 5) is 19.7. The third kappa shape index (κ3) is 2.29. The number of nitrogens with one attached hydrogen (secondary N) is 1. The molecule has 3 rings (SSSR count). The monoisotopic (exact) mass is 288 g/mol. The number of aliphatic imine (C=N–C) groups is 2. The molecule has 1 amide bonds. The van der Waals surface area contributed by atoms with Crippen LogP contribution in [-0.2, 0) is 4.79 Å². The van der Waals surface area contributed by atoms with Crippen molar-refractivity contribution >= 4 is 23.9 Å². The minimum Gasteiger partial charge on any atom is -0.494 e. The summed E-state index contributed by atoms with van der Waals surface area (Å²) in [5.74, 6) is -0.877. The first-order chi connectivity index (χ1) is 10.1. The average Bonchev–Trinajstić information content (AvgIpc) is 3.02. The zero-order valence-electron chi connectivity index (χ0n) is 10.9. The van der Waals surface area contributed by atoms with E-state index < -0.39 is 6.04 Å². The van der Waals surface area contributed by atoms with Crippen molar-refractivity contribution in [2.24, 2.45) is 20.2 Å². The lowest BCUT2D eigenvalue weighted by Gasteiger charge is -2.25. The number of amides is 1. The lowest BCUT2D eigenvalue weighted by Crippen LogP contribution is -2.35. The summed E-state index contributed by atoms with van der Waals surface area (Å²) in [5.41, 5.74) is 0.682. The smallest absolute Gasteiger partial charge is 0.271 e. The van der Waals surface area contributed by atoms with Gasteiger partial charge in [0.15, 0.2) is 5.88 Å². The Balaban J connectivity index is 1.96. The van der Waals surface area contributed by atoms with Gasteiger partial charge in [0.05, 0.1) is 0 Å². The summed E-state index contributed by atoms with van der Waals surface area (Å²) >= 11 is 0. The molecule has 9 nitrogen and oxygen atoms in total. The standard InChI is InChI=1S/C12H12N6O3/c1-6-2-3-8(10(20)15-6)18-9(19)4-7(11(18)21)16-12-13-5-14-17-12/h4-5,8,19,21H,1-3H2,(H,15,20). The first-order valence-electron chi connectivity index (χ1n) is 6.20. The van der Waals surface area contributed by atoms with Crippen LogP contribution in [0.4, 0.5) is 5.69 Å². The Morgan fingerprint density at radius 1 is 1.48 bits per heavy atom. The van der Waals surface area contributed by atoms with Crippen molar-refractivity contribution in [1.82, 2.24) is 9.88 Å². The fraction of sp³-hybridized carbons (Fsp3) is 0.250. The number of carbonyl (C=O) groups excluding carboxylic acids is 1. The number of aromatic hydroxyl groups is 2. The predicted octanol–water partition coefficient (Wildman–Crippen LogP) is 1.35. The maximum atomic E-state index is 12.0. The molecule has 0 aromatic carbocycles. The zero-order valence-corrected chi connectivity index (χ0v) is 10.9. The largest absolute Gasteiger partial charge is 0.494 e. The quantitative estimate of drug-likeness (QED) is 0.760. The molecule has 3 N–H and O–H groups in total. The van der Waals surface area contributed by atoms with E-state index in [4.69, 9.17) is 0 Å². The summed E-state index contributed by atoms with van der Waals surface area (Å²) in [5, 5.41) is 29.8. The normalized spacial score (nSPS) is 23.0. The van der Waals surface area contributed by atoms with Gasteiger partial charge in [-0.3, -0.25) is 9.36 Å². The Morgan fingerprint density at radius 2 is 2.29 bits per heavy atom. The van der Waals surface area contributed by atoms with E-state index in [9.17, 15) is 15.0 Å². The van der Waals surface area contributed by atoms with Crippen LogP contribution in [0.25, 0.3) is 0 Å². The average molecular weight is 288 g/mol. The molecule has 3 heterocycles. The van der Waals surface area contributed by atoms with Crippen LogP contribution in [0.2, 0.25) is 0 Å². The minimum absolute atomic E-state index is 0.0592. The number of guanidine groups is 1. The number of aromatic nitrogens is 1. The molecular formula is C12H12N6O3. The van der Waals surface area contributed by atoms with E-state index in [1.807, 2.05) is 0 Å². The first kappa shape index (κ1) is 13.0. The van der Waals surface area contributed by atoms with Gasteiger partial charge in [0.1, 0.15) is 18.1 Å². The van der Waals surface area contributed by atoms with E-state index in [-0.39, 0.29) is 29.3 Å². The summed E-state index contributed by atoms with van der Waals surface area (Å²) in [6.45, 7) is 3.68. The van der Waals surface area contributed by atoms with Crippen LogP contribution in [0.5, 0.6) is 11.8 Å². The second kappa shape index (κ2) is 4.85. The van der Waals surface area contributed by atoms with E-state index in [1.54, 1.807) is 0 Å². The van der Waals surface area contributed by atoms with Crippen LogP contribution < -0.4 is 5.32 Å². The van der Waals surface area contributed by atoms with Crippen LogP contribution in [0.15, 0.2) is 38.6 Å². The molecule has 1 aromatic rings. The van der Waals surface area contributed by atoms with Crippen molar-refractivity contribution < 1.29 is 15.0 Å². The molecule has 1 fully saturated rings. The Labute approximate surface area is 119 Å². The fourth-order valence-corrected chi connectivity index (χ4v) is 2.23. The maximum Gasteiger partial charge on any atom is 0.271 e. The van der Waals surface area contributed by atoms with Gasteiger partial charge >= 0.3 is 0 Å². The SMILES string of the molecule is C=C1CCC(n2c(O)cc(N=C3N=CN=N3)c2O)C(=O)N1. The lowest BCUT2D eigenvalue weighted by molar-refractivity contribution is -0.125. The number of carbonyl (C=O) groups is 1. The predicted molar refractivity (Wildman–Crippen MR) is 73.8 cm³/mol. The summed E-state index contributed by atoms with van der Waals surface area (Å²) < 4.78 is 1.12. The van der Waals surface area contributed by atoms with Gasteiger partial charge in [-0.1, -0.05) is 6.58 Å². The molecular weight excluding hydrogens is 276 g/mol. The molecule has 108 valence electrons. The fourth-order valence-electron chi connectivity index (χ4n) is 2.23. The van der Waals surface area contributed by atoms with Gasteiger partial charge in [-0.25, -0.2) is 4.99 Å². The third-order valence-electron chi connectivity index (χ3n) is 3.20. The Morgan fingerprint density at radius 3 is 2.95 bits per heavy atom. The number of piperidine rings is 1. The van der Waals surface area contributed by atoms with Gasteiger partial charge in [-0.15, -0.1) is 10.2 Å². The van der Waals surface area contributed by atoms with E-state index in [0.717, 1.165) is 4.57 Å². The maximum absolute atomic E-state index is 12.0. The highest BCUT2D eigenvalue weighted by Gasteiger charge is 2.30. The summed E-state index contributed by atoms with van der Waals surface area (Å²) in [6.07, 6.45) is 2.21. The van der Waals surface area contributed by atoms with Crippen LogP contribution in [0.3, 0.4) is 0 Å². The number of hydrogen-bond acceptors (Lipinski definition) is 5. The molecule has 1 atom stereocenters. The second-order valence-corrected chi connectivity index (χ2v) is 4.60. The summed E-state index contributed by atoms with van der Waals surface area (Å²) in [6, 6.07) is 0.515. The van der Waals surface area contributed by atoms with Gasteiger partial charge in [0.25, 0.3) is 5.96 Å². The Kier molecular flexibility index (Phi) is 3.01. The number of allylic oxidation sites excluding steroid dienone is 1. The van der Waals surface area contributed by atoms with Gasteiger partial charge in [0.2, 0.25) is 11.8 Å². The van der Waals surface area contributed by atoms with Gasteiger partial charge in [0, 0.05) is 11.8 Å². The molecule has 0 spiro atoms. The highest BCUT2D eigenvalue weighted by atomic mass is 16.3. The molecule has 0 saturated carbocycles. The zero-order chi connectivity index (χ0) is 15.0. The van der Waals surface area contributed by atoms with Crippen molar-refractivity contribution in [2.75, 3.05) is 0 Å². The van der Waals surface area contributed by atoms with E-state index >= 15 is 0 Å². The molecule has 0 aliphatic carbocycles. The van der Waals surface area contributed by atoms with Crippen molar-refractivity contribution in [3.63, 3.8) is 0 Å². The number of azo groups is 1. The van der Waals surface area contributed by atoms with E-state index in [0.29, 0.717) is 18.5 Å². The third-order valence-corrected chi connectivity index (χ3v) is 3.20. The number of hydrogen-bond donors (Lipinski definition) is 3. The molecule has 21 heavy (non-hydrogen) atoms. The highest BCUT2D eigenvalue weighted by Crippen LogP contribution is 2.40. The van der Waals surface area contributed by atoms with Crippen molar-refractivity contribution in [3.05, 3.63) is 18.3 Å². The molecule has 1 aromatic heterocycles. The molecule has 1 saturated heterocycles. The Hall–Kier alpha value is -2.97. The van der Waals surface area contributed by atoms with Gasteiger partial charge in [-0.05, 0) is 12.8 Å². The second-order valence-electron chi connectivity index (χ2n) is 4.60. The first-order valence-corrected chi connectivity index (χ1v) is 6.20. The lowest BCUT2D eigenvalue weighted by atomic mass is 10.0. The van der Waals surface area contributed by atoms with Crippen LogP contribution in [0.1, 0.15) is 18.9 Å². The van der Waals surface area contributed by atoms with Crippen LogP contribution in [-0.4, -0.2) is 33.0 Å². The molecule has 0 radical (unpaired) electrons. The number of nitrogens with zero attached hydrogens (tertiary/aromatic N) is 5. The molecule has 2 aliphatic heterocycles. The molecule has 9 heteroatoms. The van der Waals surface area contributed by atoms with Crippen molar-refractivity contribution in [1.29, 1.82) is 0 Å². The number of rotatable bonds is 2. The molecule has 2 aliphatic rings. The van der Waals surface area contributed by atoms with Crippen molar-refractivity contribution in [2.45, 2.75) is 18.9 Å². The Bertz CT molecular complexity index is 701. The van der Waals surface area contributed by atoms with Crippen LogP contribution >= 0.6 is 0 Å². The molecule has 1 unspecified atom stereocenters. The van der Waals surface area contributed by atoms with E-state index in [1.165, 1.54) is 12.4 Å². The topological polar surface area (TPSA) is 124 Å². The minimum atomic E-state index is -0.724. The van der Waals surface area contributed by atoms with Gasteiger partial charge in [-0.2, -0.15) is 4.99 Å². The van der Waals surface area contributed by atoms with Crippen LogP contribution in [0, 0.1) is 0 Å². The van der Waals surface area contributed by atoms with Gasteiger partial charge < -0.3 is 15.5 Å².